The third kappa shape index (κ3) is 2.94. The number of carbonyl (C=O) groups excluding carboxylic acids is 2. The molecule has 0 radical (unpaired) electrons. The SMILES string of the molecule is Cc1cc(NC(=O)c2cccc(F)c2)n(C2=NC(=O)C3CCCC3=N2)n1. The molecular weight excluding hydrogens is 337 g/mol. The first-order chi connectivity index (χ1) is 12.5. The molecule has 7 nitrogen and oxygen atoms in total. The quantitative estimate of drug-likeness (QED) is 0.900. The molecule has 4 rings (SSSR count). The second kappa shape index (κ2) is 6.29. The van der Waals surface area contributed by atoms with E-state index in [4.69, 9.17) is 0 Å². The number of nitrogens with one attached hydrogen (secondary N) is 1. The van der Waals surface area contributed by atoms with Gasteiger partial charge in [-0.15, -0.1) is 0 Å². The molecule has 132 valence electrons. The van der Waals surface area contributed by atoms with Crippen molar-refractivity contribution in [2.24, 2.45) is 15.9 Å². The molecule has 1 fully saturated rings. The molecule has 1 N–H and O–H groups in total. The monoisotopic (exact) mass is 353 g/mol. The maximum Gasteiger partial charge on any atom is 0.257 e. The average molecular weight is 353 g/mol. The van der Waals surface area contributed by atoms with Gasteiger partial charge in [-0.1, -0.05) is 6.07 Å². The third-order valence-electron chi connectivity index (χ3n) is 4.43. The number of aromatic nitrogens is 2. The van der Waals surface area contributed by atoms with Crippen LogP contribution in [0.2, 0.25) is 0 Å². The van der Waals surface area contributed by atoms with Crippen molar-refractivity contribution in [2.75, 3.05) is 5.32 Å². The molecule has 0 saturated heterocycles. The fourth-order valence-electron chi connectivity index (χ4n) is 3.21. The summed E-state index contributed by atoms with van der Waals surface area (Å²) in [7, 11) is 0. The first-order valence-corrected chi connectivity index (χ1v) is 8.35. The molecule has 8 heteroatoms. The number of carbonyl (C=O) groups is 2. The van der Waals surface area contributed by atoms with Gasteiger partial charge in [0.15, 0.2) is 0 Å². The molecule has 1 unspecified atom stereocenters. The van der Waals surface area contributed by atoms with E-state index in [9.17, 15) is 14.0 Å². The molecule has 26 heavy (non-hydrogen) atoms. The topological polar surface area (TPSA) is 88.7 Å². The number of rotatable bonds is 2. The van der Waals surface area contributed by atoms with Crippen molar-refractivity contribution in [3.8, 4) is 0 Å². The minimum absolute atomic E-state index is 0.144. The van der Waals surface area contributed by atoms with Gasteiger partial charge in [0.05, 0.1) is 11.6 Å². The van der Waals surface area contributed by atoms with Crippen LogP contribution in [0.5, 0.6) is 0 Å². The molecule has 1 aromatic heterocycles. The molecule has 1 aromatic carbocycles. The Bertz CT molecular complexity index is 976. The first kappa shape index (κ1) is 16.3. The zero-order chi connectivity index (χ0) is 18.3. The molecule has 0 spiro atoms. The van der Waals surface area contributed by atoms with Crippen LogP contribution >= 0.6 is 0 Å². The summed E-state index contributed by atoms with van der Waals surface area (Å²) in [5.74, 6) is -0.961. The van der Waals surface area contributed by atoms with Gasteiger partial charge in [0.1, 0.15) is 11.6 Å². The van der Waals surface area contributed by atoms with Gasteiger partial charge in [-0.25, -0.2) is 9.38 Å². The highest BCUT2D eigenvalue weighted by atomic mass is 19.1. The average Bonchev–Trinajstić information content (AvgIpc) is 3.21. The number of hydrogen-bond acceptors (Lipinski definition) is 4. The van der Waals surface area contributed by atoms with Crippen molar-refractivity contribution < 1.29 is 14.0 Å². The van der Waals surface area contributed by atoms with Crippen LogP contribution < -0.4 is 5.32 Å². The lowest BCUT2D eigenvalue weighted by atomic mass is 10.1. The van der Waals surface area contributed by atoms with Gasteiger partial charge in [-0.05, 0) is 44.4 Å². The van der Waals surface area contributed by atoms with Gasteiger partial charge in [0.25, 0.3) is 17.8 Å². The van der Waals surface area contributed by atoms with Gasteiger partial charge in [-0.2, -0.15) is 14.8 Å². The minimum Gasteiger partial charge on any atom is -0.306 e. The molecule has 1 aliphatic heterocycles. The van der Waals surface area contributed by atoms with Crippen molar-refractivity contribution in [3.05, 3.63) is 47.4 Å². The van der Waals surface area contributed by atoms with E-state index < -0.39 is 11.7 Å². The first-order valence-electron chi connectivity index (χ1n) is 8.35. The molecule has 2 aromatic rings. The fourth-order valence-corrected chi connectivity index (χ4v) is 3.21. The normalized spacial score (nSPS) is 19.0. The van der Waals surface area contributed by atoms with Crippen molar-refractivity contribution in [1.82, 2.24) is 9.78 Å². The minimum atomic E-state index is -0.497. The van der Waals surface area contributed by atoms with Crippen LogP contribution in [-0.2, 0) is 4.79 Å². The van der Waals surface area contributed by atoms with Crippen molar-refractivity contribution >= 4 is 29.3 Å². The molecule has 2 heterocycles. The number of aliphatic imine (C=N–C) groups is 2. The van der Waals surface area contributed by atoms with Crippen LogP contribution in [0, 0.1) is 18.7 Å². The highest BCUT2D eigenvalue weighted by molar-refractivity contribution is 6.17. The summed E-state index contributed by atoms with van der Waals surface area (Å²) in [5, 5.41) is 6.97. The smallest absolute Gasteiger partial charge is 0.257 e. The summed E-state index contributed by atoms with van der Waals surface area (Å²) in [6.07, 6.45) is 2.45. The molecule has 0 bridgehead atoms. The largest absolute Gasteiger partial charge is 0.306 e. The fraction of sp³-hybridized carbons (Fsp3) is 0.278. The summed E-state index contributed by atoms with van der Waals surface area (Å²) in [4.78, 5) is 33.1. The van der Waals surface area contributed by atoms with E-state index in [2.05, 4.69) is 20.4 Å². The molecule has 1 saturated carbocycles. The number of benzene rings is 1. The highest BCUT2D eigenvalue weighted by Crippen LogP contribution is 2.27. The van der Waals surface area contributed by atoms with E-state index in [1.54, 1.807) is 13.0 Å². The molecule has 1 aliphatic carbocycles. The van der Waals surface area contributed by atoms with E-state index in [0.29, 0.717) is 11.5 Å². The summed E-state index contributed by atoms with van der Waals surface area (Å²) in [6.45, 7) is 1.76. The molecule has 1 atom stereocenters. The van der Waals surface area contributed by atoms with Gasteiger partial charge < -0.3 is 5.32 Å². The Morgan fingerprint density at radius 2 is 2.15 bits per heavy atom. The zero-order valence-corrected chi connectivity index (χ0v) is 14.1. The van der Waals surface area contributed by atoms with Crippen LogP contribution in [0.3, 0.4) is 0 Å². The third-order valence-corrected chi connectivity index (χ3v) is 4.43. The van der Waals surface area contributed by atoms with E-state index >= 15 is 0 Å². The van der Waals surface area contributed by atoms with Crippen molar-refractivity contribution in [1.29, 1.82) is 0 Å². The Labute approximate surface area is 148 Å². The van der Waals surface area contributed by atoms with E-state index in [1.165, 1.54) is 22.9 Å². The molecule has 2 aliphatic rings. The lowest BCUT2D eigenvalue weighted by molar-refractivity contribution is -0.119. The highest BCUT2D eigenvalue weighted by Gasteiger charge is 2.33. The van der Waals surface area contributed by atoms with E-state index in [1.807, 2.05) is 0 Å². The Hall–Kier alpha value is -3.16. The number of aryl methyl sites for hydroxylation is 1. The standard InChI is InChI=1S/C18H16FN5O2/c1-10-8-15(21-16(25)11-4-2-5-12(19)9-11)24(23-10)18-20-14-7-3-6-13(14)17(26)22-18/h2,4-5,8-9,13H,3,6-7H2,1H3,(H,21,25). The Morgan fingerprint density at radius 1 is 1.31 bits per heavy atom. The maximum atomic E-state index is 13.3. The Kier molecular flexibility index (Phi) is 3.95. The van der Waals surface area contributed by atoms with Gasteiger partial charge in [0, 0.05) is 17.3 Å². The van der Waals surface area contributed by atoms with Crippen molar-refractivity contribution in [3.63, 3.8) is 0 Å². The van der Waals surface area contributed by atoms with Crippen molar-refractivity contribution in [2.45, 2.75) is 26.2 Å². The second-order valence-electron chi connectivity index (χ2n) is 6.35. The summed E-state index contributed by atoms with van der Waals surface area (Å²) in [6, 6.07) is 7.03. The van der Waals surface area contributed by atoms with Gasteiger partial charge in [-0.3, -0.25) is 9.59 Å². The predicted molar refractivity (Wildman–Crippen MR) is 93.9 cm³/mol. The Morgan fingerprint density at radius 3 is 2.96 bits per heavy atom. The number of nitrogens with zero attached hydrogens (tertiary/aromatic N) is 4. The summed E-state index contributed by atoms with van der Waals surface area (Å²) >= 11 is 0. The summed E-state index contributed by atoms with van der Waals surface area (Å²) in [5.41, 5.74) is 1.62. The van der Waals surface area contributed by atoms with E-state index in [-0.39, 0.29) is 23.3 Å². The van der Waals surface area contributed by atoms with Gasteiger partial charge in [0.2, 0.25) is 0 Å². The molecule has 2 amide bonds. The maximum absolute atomic E-state index is 13.3. The van der Waals surface area contributed by atoms with Crippen LogP contribution in [0.15, 0.2) is 40.3 Å². The van der Waals surface area contributed by atoms with Crippen LogP contribution in [-0.4, -0.2) is 33.3 Å². The Balaban J connectivity index is 1.65. The zero-order valence-electron chi connectivity index (χ0n) is 14.1. The summed E-state index contributed by atoms with van der Waals surface area (Å²) < 4.78 is 14.7. The van der Waals surface area contributed by atoms with Crippen LogP contribution in [0.1, 0.15) is 35.3 Å². The van der Waals surface area contributed by atoms with E-state index in [0.717, 1.165) is 31.0 Å². The number of amides is 2. The van der Waals surface area contributed by atoms with Gasteiger partial charge >= 0.3 is 0 Å². The van der Waals surface area contributed by atoms with Crippen LogP contribution in [0.25, 0.3) is 0 Å². The second-order valence-corrected chi connectivity index (χ2v) is 6.35. The predicted octanol–water partition coefficient (Wildman–Crippen LogP) is 2.57. The number of anilines is 1. The lowest BCUT2D eigenvalue weighted by Crippen LogP contribution is -2.29. The van der Waals surface area contributed by atoms with Crippen LogP contribution in [0.4, 0.5) is 10.2 Å². The number of halogens is 1. The number of hydrogen-bond donors (Lipinski definition) is 1. The molecular formula is C18H16FN5O2. The lowest BCUT2D eigenvalue weighted by Gasteiger charge is -2.15. The number of fused-ring (bicyclic) bond motifs is 1.